The second-order valence-electron chi connectivity index (χ2n) is 31.2. The first-order valence-corrected chi connectivity index (χ1v) is 48.1. The highest BCUT2D eigenvalue weighted by Gasteiger charge is 2.55. The van der Waals surface area contributed by atoms with Crippen molar-refractivity contribution in [1.29, 1.82) is 0 Å². The van der Waals surface area contributed by atoms with Crippen LogP contribution in [0.25, 0.3) is 0 Å². The van der Waals surface area contributed by atoms with Gasteiger partial charge >= 0.3 is 51.4 Å². The highest BCUT2D eigenvalue weighted by atomic mass is 35.5. The third-order valence-electron chi connectivity index (χ3n) is 20.4. The third-order valence-corrected chi connectivity index (χ3v) is 27.0. The van der Waals surface area contributed by atoms with Gasteiger partial charge in [0.1, 0.15) is 93.5 Å². The monoisotopic (exact) mass is 2070 g/mol. The molecule has 4 fully saturated rings. The lowest BCUT2D eigenvalue weighted by Gasteiger charge is -2.33. The average molecular weight is 2070 g/mol. The Bertz CT molecular complexity index is 4890. The Morgan fingerprint density at radius 2 is 0.720 bits per heavy atom. The fourth-order valence-electron chi connectivity index (χ4n) is 14.9. The van der Waals surface area contributed by atoms with Gasteiger partial charge < -0.3 is 60.3 Å². The van der Waals surface area contributed by atoms with E-state index in [1.54, 1.807) is 105 Å². The molecule has 6 aromatic rings. The summed E-state index contributed by atoms with van der Waals surface area (Å²) in [5.41, 5.74) is 5.11. The van der Waals surface area contributed by atoms with Crippen molar-refractivity contribution in [3.8, 4) is 0 Å². The number of benzene rings is 6. The molecule has 13 atom stereocenters. The first kappa shape index (κ1) is 121. The Kier molecular flexibility index (Phi) is 48.4. The molecular weight excluding hydrogens is 1970 g/mol. The Morgan fingerprint density at radius 3 is 0.947 bits per heavy atom. The molecule has 4 heterocycles. The summed E-state index contributed by atoms with van der Waals surface area (Å²) in [4.78, 5) is 16.5. The zero-order valence-corrected chi connectivity index (χ0v) is 79.7. The number of hydrogen-bond donors (Lipinski definition) is 9. The Morgan fingerprint density at radius 1 is 0.470 bits per heavy atom. The summed E-state index contributed by atoms with van der Waals surface area (Å²) in [7, 11) is -18.5. The maximum atomic E-state index is 13.5. The lowest BCUT2D eigenvalue weighted by molar-refractivity contribution is -0.121. The van der Waals surface area contributed by atoms with E-state index in [1.165, 1.54) is 23.8 Å². The van der Waals surface area contributed by atoms with Crippen molar-refractivity contribution in [2.24, 2.45) is 5.73 Å². The number of halogens is 19. The molecule has 132 heavy (non-hydrogen) atoms. The van der Waals surface area contributed by atoms with Crippen LogP contribution in [0.3, 0.4) is 0 Å². The number of thioether (sulfide) groups is 1. The average Bonchev–Trinajstić information content (AvgIpc) is 1.62. The molecule has 4 saturated heterocycles. The first-order valence-electron chi connectivity index (χ1n) is 39.3. The summed E-state index contributed by atoms with van der Waals surface area (Å²) in [6.07, 6.45) is -3.42. The van der Waals surface area contributed by atoms with Gasteiger partial charge in [-0.15, -0.1) is 12.6 Å². The smallest absolute Gasteiger partial charge is 0.379 e. The predicted octanol–water partition coefficient (Wildman–Crippen LogP) is 15.4. The van der Waals surface area contributed by atoms with Gasteiger partial charge in [0.05, 0.1) is 57.0 Å². The number of amides is 1. The van der Waals surface area contributed by atoms with Crippen molar-refractivity contribution < 1.29 is 154 Å². The molecule has 24 nitrogen and oxygen atoms in total. The number of nitrogens with two attached hydrogens (primary N) is 1. The topological polar surface area (TPSA) is 346 Å². The molecule has 742 valence electrons. The van der Waals surface area contributed by atoms with Crippen molar-refractivity contribution in [2.45, 2.75) is 249 Å². The van der Waals surface area contributed by atoms with Crippen molar-refractivity contribution in [3.63, 3.8) is 0 Å². The fraction of sp³-hybridized carbons (Fsp3) is 0.532. The van der Waals surface area contributed by atoms with Crippen LogP contribution in [0.5, 0.6) is 0 Å². The molecule has 6 aromatic carbocycles. The summed E-state index contributed by atoms with van der Waals surface area (Å²) in [6.45, 7) is 15.7. The largest absolute Gasteiger partial charge is 0.437 e. The zero-order chi connectivity index (χ0) is 100. The van der Waals surface area contributed by atoms with Gasteiger partial charge in [0.2, 0.25) is 29.5 Å². The van der Waals surface area contributed by atoms with Crippen molar-refractivity contribution >= 4 is 134 Å². The highest BCUT2D eigenvalue weighted by Crippen LogP contribution is 2.47. The quantitative estimate of drug-likeness (QED) is 0.00692. The van der Waals surface area contributed by atoms with E-state index in [0.29, 0.717) is 27.8 Å². The normalized spacial score (nSPS) is 21.7. The summed E-state index contributed by atoms with van der Waals surface area (Å²) >= 11 is 19.2. The number of aliphatic hydroxyl groups is 2. The zero-order valence-electron chi connectivity index (χ0n) is 72.4. The van der Waals surface area contributed by atoms with E-state index in [9.17, 15) is 135 Å². The van der Waals surface area contributed by atoms with E-state index in [1.807, 2.05) is 64.1 Å². The molecule has 0 aliphatic carbocycles. The van der Waals surface area contributed by atoms with Gasteiger partial charge in [-0.05, 0) is 189 Å². The number of nitrogens with one attached hydrogen (secondary N) is 1. The highest BCUT2D eigenvalue weighted by molar-refractivity contribution is 7.99. The lowest BCUT2D eigenvalue weighted by atomic mass is 9.80. The fourth-order valence-corrected chi connectivity index (χ4v) is 18.4. The van der Waals surface area contributed by atoms with Crippen LogP contribution in [0.15, 0.2) is 175 Å². The van der Waals surface area contributed by atoms with Gasteiger partial charge in [0.25, 0.3) is 11.7 Å². The van der Waals surface area contributed by atoms with Crippen LogP contribution >= 0.6 is 59.2 Å². The van der Waals surface area contributed by atoms with Crippen molar-refractivity contribution in [1.82, 2.24) is 24.6 Å². The Hall–Kier alpha value is -5.10. The van der Waals surface area contributed by atoms with Crippen LogP contribution in [0.4, 0.5) is 70.2 Å². The summed E-state index contributed by atoms with van der Waals surface area (Å²) in [5.74, 6) is -16.7. The van der Waals surface area contributed by atoms with Crippen LogP contribution < -0.4 is 11.1 Å². The minimum absolute atomic E-state index is 0. The number of carbonyl (C=O) groups excluding carboxylic acids is 1. The third kappa shape index (κ3) is 32.5. The van der Waals surface area contributed by atoms with Crippen LogP contribution in [-0.4, -0.2) is 252 Å². The standard InChI is InChI=1S/C14H19BF3NO4S.C14H19BF3NO2S.C14H21BFNO3S.C13H19BFNO2S.C12H12Cl2F3NO4S.C10H12F3NO3S.CHClF2.CH4/c1-14(2)19(15(3)20)11(8-16)12(23-14)9-4-6-10(7-5-9)24(21,22)13(17)18;1-14(2)19(15(3)20)11(8-16)12(21-14)9-4-6-10(7-5-9)22-13(17)18;1-14(2)17(15(3)18)12(9-16)13(20-14)10-5-7-11(8-6-10)21(4)19;1-13(2)16(14(3)17)11(8-15)12(18-13)9-4-6-10(19)7-5-9;13-10(14)11(20)18-8(5-15)9(19)6-1-3-7(4-2-6)23(21,22)12(16)17;11-5-8(14)9(15)6-1-3-7(4-2-6)18(16,17)10(12)13;2-1(3)4;/h4-7,11-13,20H,8H2,1-3H3;4-7,11-13,20H,8H2,1-3H3;5-8,12-13,18H,9H2,1-4H3;4-7,11-12,17,19H,8H2,1-3H3;1-4,8-10,12,19H,5H2,(H,18,20);1-4,8-10,15H,5,14H2;1H;1H4/t2*11-,12-;12-,13-,21?;11-,12-;2*8-,9-;;/m111111../s1. The summed E-state index contributed by atoms with van der Waals surface area (Å²) in [5, 5.41) is 61.1. The van der Waals surface area contributed by atoms with Gasteiger partial charge in [-0.25, -0.2) is 51.6 Å². The minimum atomic E-state index is -4.77. The van der Waals surface area contributed by atoms with E-state index in [4.69, 9.17) is 47.9 Å². The molecular formula is C79H107B4Cl3F16N6O18S6. The van der Waals surface area contributed by atoms with Crippen LogP contribution in [-0.2, 0) is 64.1 Å². The van der Waals surface area contributed by atoms with E-state index < -0.39 is 253 Å². The van der Waals surface area contributed by atoms with Crippen molar-refractivity contribution in [2.75, 3.05) is 46.3 Å². The number of nitrogens with zero attached hydrogens (tertiary/aromatic N) is 4. The molecule has 53 heteroatoms. The molecule has 0 bridgehead atoms. The molecule has 1 amide bonds. The number of hydrogen-bond acceptors (Lipinski definition) is 25. The van der Waals surface area contributed by atoms with E-state index >= 15 is 0 Å². The Labute approximate surface area is 786 Å². The molecule has 4 aliphatic heterocycles. The molecule has 0 saturated carbocycles. The second-order valence-corrected chi connectivity index (χ2v) is 41.3. The number of ether oxygens (including phenoxy) is 4. The van der Waals surface area contributed by atoms with Gasteiger partial charge in [0.15, 0.2) is 4.84 Å². The number of alkyl halides is 19. The molecule has 10 rings (SSSR count). The SMILES string of the molecule is C.CB(O)N1[C@H](CF)[C@@H](c2ccc(S(=O)(=O)C(F)F)cc2)OC1(C)C.CB(O)N1[C@H](CF)[C@@H](c2ccc(S(C)=O)cc2)OC1(C)C.CB(O)N1[C@H](CF)[C@@H](c2ccc(S)cc2)OC1(C)C.CB(O)N1[C@H](CF)[C@@H](c2ccc(SC(F)F)cc2)OC1(C)C.FC(F)Cl.N[C@H](CF)[C@H](O)c1ccc(S(=O)(=O)C(F)F)cc1.O=C(N[C@H](CF)[C@H](O)c1ccc(S(=O)(=O)C(F)F)cc1)C(Cl)Cl. The molecule has 0 spiro atoms. The molecule has 0 radical (unpaired) electrons. The van der Waals surface area contributed by atoms with E-state index in [-0.39, 0.29) is 24.7 Å². The summed E-state index contributed by atoms with van der Waals surface area (Å²) < 4.78 is 301. The number of sulfone groups is 3. The van der Waals surface area contributed by atoms with Crippen LogP contribution in [0.1, 0.15) is 133 Å². The number of carbonyl (C=O) groups is 1. The van der Waals surface area contributed by atoms with Gasteiger partial charge in [-0.1, -0.05) is 127 Å². The second kappa shape index (κ2) is 52.8. The Balaban J connectivity index is 0.000000405. The minimum Gasteiger partial charge on any atom is -0.437 e. The van der Waals surface area contributed by atoms with Crippen LogP contribution in [0, 0.1) is 0 Å². The van der Waals surface area contributed by atoms with Crippen LogP contribution in [0.2, 0.25) is 27.3 Å². The predicted molar refractivity (Wildman–Crippen MR) is 479 cm³/mol. The number of rotatable bonds is 29. The van der Waals surface area contributed by atoms with Gasteiger partial charge in [-0.3, -0.25) is 28.2 Å². The van der Waals surface area contributed by atoms with Crippen molar-refractivity contribution in [3.05, 3.63) is 179 Å². The van der Waals surface area contributed by atoms with E-state index in [2.05, 4.69) is 29.5 Å². The van der Waals surface area contributed by atoms with E-state index in [0.717, 1.165) is 81.6 Å². The van der Waals surface area contributed by atoms with Gasteiger partial charge in [-0.2, -0.15) is 43.9 Å². The maximum Gasteiger partial charge on any atom is 0.379 e. The molecule has 1 unspecified atom stereocenters. The first-order chi connectivity index (χ1) is 60.6. The lowest BCUT2D eigenvalue weighted by Crippen LogP contribution is -2.52. The molecule has 0 aromatic heterocycles. The molecule has 4 aliphatic rings. The maximum absolute atomic E-state index is 13.5. The number of aliphatic hydroxyl groups excluding tert-OH is 2. The molecule has 9 N–H and O–H groups in total. The van der Waals surface area contributed by atoms with Gasteiger partial charge in [0, 0.05) is 31.7 Å². The summed E-state index contributed by atoms with van der Waals surface area (Å²) in [6, 6.07) is 28.7. The number of thiol groups is 1.